The van der Waals surface area contributed by atoms with Crippen molar-refractivity contribution in [2.45, 2.75) is 38.0 Å². The van der Waals surface area contributed by atoms with Crippen molar-refractivity contribution in [1.82, 2.24) is 19.6 Å². The van der Waals surface area contributed by atoms with Gasteiger partial charge in [-0.2, -0.15) is 10.2 Å². The Balaban J connectivity index is 1.92. The molecule has 0 saturated carbocycles. The molecule has 0 radical (unpaired) electrons. The van der Waals surface area contributed by atoms with Gasteiger partial charge in [-0.3, -0.25) is 9.48 Å². The molecule has 1 aliphatic heterocycles. The van der Waals surface area contributed by atoms with Gasteiger partial charge in [-0.15, -0.1) is 11.8 Å². The third kappa shape index (κ3) is 2.30. The van der Waals surface area contributed by atoms with Gasteiger partial charge < -0.3 is 5.11 Å². The SMILES string of the molecule is CCn1ncc(C(=O)c2cc(C)c3c(c2C)-c2c(cnn2C)CS3)c1O. The number of hydrogen-bond acceptors (Lipinski definition) is 5. The zero-order valence-electron chi connectivity index (χ0n) is 15.2. The average molecular weight is 368 g/mol. The van der Waals surface area contributed by atoms with Crippen LogP contribution < -0.4 is 0 Å². The Kier molecular flexibility index (Phi) is 3.91. The lowest BCUT2D eigenvalue weighted by atomic mass is 9.91. The van der Waals surface area contributed by atoms with Crippen LogP contribution in [0.3, 0.4) is 0 Å². The number of aromatic nitrogens is 4. The molecule has 0 saturated heterocycles. The zero-order valence-corrected chi connectivity index (χ0v) is 16.0. The largest absolute Gasteiger partial charge is 0.493 e. The van der Waals surface area contributed by atoms with Crippen LogP contribution in [0.2, 0.25) is 0 Å². The number of thioether (sulfide) groups is 1. The molecule has 3 heterocycles. The van der Waals surface area contributed by atoms with E-state index in [9.17, 15) is 9.90 Å². The highest BCUT2D eigenvalue weighted by atomic mass is 32.2. The topological polar surface area (TPSA) is 72.9 Å². The maximum atomic E-state index is 13.1. The molecule has 2 aromatic heterocycles. The van der Waals surface area contributed by atoms with E-state index in [1.165, 1.54) is 21.3 Å². The van der Waals surface area contributed by atoms with E-state index in [0.29, 0.717) is 12.1 Å². The molecule has 1 aliphatic rings. The molecule has 0 fully saturated rings. The van der Waals surface area contributed by atoms with Gasteiger partial charge in [0.15, 0.2) is 5.78 Å². The second kappa shape index (κ2) is 6.02. The van der Waals surface area contributed by atoms with Crippen LogP contribution >= 0.6 is 11.8 Å². The fraction of sp³-hybridized carbons (Fsp3) is 0.316. The minimum Gasteiger partial charge on any atom is -0.493 e. The Labute approximate surface area is 155 Å². The fourth-order valence-electron chi connectivity index (χ4n) is 3.58. The Morgan fingerprint density at radius 1 is 1.27 bits per heavy atom. The summed E-state index contributed by atoms with van der Waals surface area (Å²) in [7, 11) is 1.93. The molecular weight excluding hydrogens is 348 g/mol. The first-order valence-electron chi connectivity index (χ1n) is 8.51. The Bertz CT molecular complexity index is 1050. The molecule has 134 valence electrons. The van der Waals surface area contributed by atoms with Crippen LogP contribution in [0.5, 0.6) is 5.88 Å². The van der Waals surface area contributed by atoms with Gasteiger partial charge in [-0.25, -0.2) is 4.68 Å². The Hall–Kier alpha value is -2.54. The Morgan fingerprint density at radius 3 is 2.73 bits per heavy atom. The smallest absolute Gasteiger partial charge is 0.220 e. The van der Waals surface area contributed by atoms with Crippen LogP contribution in [0.1, 0.15) is 39.5 Å². The molecule has 0 aliphatic carbocycles. The zero-order chi connectivity index (χ0) is 18.6. The summed E-state index contributed by atoms with van der Waals surface area (Å²) >= 11 is 1.78. The highest BCUT2D eigenvalue weighted by molar-refractivity contribution is 7.98. The van der Waals surface area contributed by atoms with Crippen LogP contribution in [0.25, 0.3) is 11.3 Å². The molecule has 4 rings (SSSR count). The number of carbonyl (C=O) groups is 1. The number of carbonyl (C=O) groups excluding carboxylic acids is 1. The molecule has 7 heteroatoms. The van der Waals surface area contributed by atoms with Crippen molar-refractivity contribution in [3.05, 3.63) is 46.3 Å². The maximum absolute atomic E-state index is 13.1. The molecule has 3 aromatic rings. The van der Waals surface area contributed by atoms with Crippen molar-refractivity contribution in [1.29, 1.82) is 0 Å². The molecule has 0 unspecified atom stereocenters. The van der Waals surface area contributed by atoms with Crippen molar-refractivity contribution in [2.24, 2.45) is 7.05 Å². The van der Waals surface area contributed by atoms with Crippen LogP contribution in [0.4, 0.5) is 0 Å². The van der Waals surface area contributed by atoms with Gasteiger partial charge in [0.2, 0.25) is 5.88 Å². The first-order valence-corrected chi connectivity index (χ1v) is 9.50. The van der Waals surface area contributed by atoms with Gasteiger partial charge in [0.25, 0.3) is 0 Å². The number of fused-ring (bicyclic) bond motifs is 3. The van der Waals surface area contributed by atoms with Crippen molar-refractivity contribution in [2.75, 3.05) is 0 Å². The van der Waals surface area contributed by atoms with E-state index in [4.69, 9.17) is 0 Å². The van der Waals surface area contributed by atoms with Crippen molar-refractivity contribution < 1.29 is 9.90 Å². The molecular formula is C19H20N4O2S. The number of hydrogen-bond donors (Lipinski definition) is 1. The predicted molar refractivity (Wildman–Crippen MR) is 101 cm³/mol. The summed E-state index contributed by atoms with van der Waals surface area (Å²) in [4.78, 5) is 14.3. The van der Waals surface area contributed by atoms with E-state index in [1.54, 1.807) is 11.8 Å². The van der Waals surface area contributed by atoms with Gasteiger partial charge in [-0.05, 0) is 38.0 Å². The summed E-state index contributed by atoms with van der Waals surface area (Å²) in [5.41, 5.74) is 6.14. The normalized spacial score (nSPS) is 12.8. The first kappa shape index (κ1) is 16.9. The van der Waals surface area contributed by atoms with Crippen LogP contribution in [0.15, 0.2) is 23.4 Å². The van der Waals surface area contributed by atoms with E-state index in [2.05, 4.69) is 10.2 Å². The summed E-state index contributed by atoms with van der Waals surface area (Å²) in [6.07, 6.45) is 3.34. The lowest BCUT2D eigenvalue weighted by Crippen LogP contribution is -2.10. The third-order valence-corrected chi connectivity index (χ3v) is 6.22. The monoisotopic (exact) mass is 368 g/mol. The van der Waals surface area contributed by atoms with Crippen LogP contribution in [0, 0.1) is 13.8 Å². The van der Waals surface area contributed by atoms with Gasteiger partial charge in [0.1, 0.15) is 5.56 Å². The highest BCUT2D eigenvalue weighted by Gasteiger charge is 2.28. The summed E-state index contributed by atoms with van der Waals surface area (Å²) in [6.45, 7) is 6.38. The number of ketones is 1. The average Bonchev–Trinajstić information content (AvgIpc) is 3.19. The molecule has 6 nitrogen and oxygen atoms in total. The number of nitrogens with zero attached hydrogens (tertiary/aromatic N) is 4. The lowest BCUT2D eigenvalue weighted by molar-refractivity contribution is 0.103. The number of benzene rings is 1. The predicted octanol–water partition coefficient (Wildman–Crippen LogP) is 3.46. The molecule has 1 N–H and O–H groups in total. The second-order valence-electron chi connectivity index (χ2n) is 6.53. The second-order valence-corrected chi connectivity index (χ2v) is 7.51. The first-order chi connectivity index (χ1) is 12.4. The van der Waals surface area contributed by atoms with Gasteiger partial charge in [0.05, 0.1) is 18.1 Å². The highest BCUT2D eigenvalue weighted by Crippen LogP contribution is 2.46. The fourth-order valence-corrected chi connectivity index (χ4v) is 4.77. The van der Waals surface area contributed by atoms with Gasteiger partial charge in [-0.1, -0.05) is 0 Å². The Morgan fingerprint density at radius 2 is 2.04 bits per heavy atom. The molecule has 0 bridgehead atoms. The minimum atomic E-state index is -0.204. The third-order valence-electron chi connectivity index (χ3n) is 4.95. The van der Waals surface area contributed by atoms with Crippen molar-refractivity contribution in [3.63, 3.8) is 0 Å². The summed E-state index contributed by atoms with van der Waals surface area (Å²) in [5.74, 6) is 0.598. The molecule has 0 spiro atoms. The number of aromatic hydroxyl groups is 1. The summed E-state index contributed by atoms with van der Waals surface area (Å²) < 4.78 is 3.30. The van der Waals surface area contributed by atoms with Gasteiger partial charge >= 0.3 is 0 Å². The molecule has 0 atom stereocenters. The van der Waals surface area contributed by atoms with Crippen LogP contribution in [-0.4, -0.2) is 30.5 Å². The van der Waals surface area contributed by atoms with E-state index >= 15 is 0 Å². The maximum Gasteiger partial charge on any atom is 0.220 e. The van der Waals surface area contributed by atoms with Crippen LogP contribution in [-0.2, 0) is 19.3 Å². The van der Waals surface area contributed by atoms with Gasteiger partial charge in [0, 0.05) is 40.9 Å². The lowest BCUT2D eigenvalue weighted by Gasteiger charge is -2.23. The molecule has 26 heavy (non-hydrogen) atoms. The molecule has 1 aromatic carbocycles. The van der Waals surface area contributed by atoms with E-state index < -0.39 is 0 Å². The standard InChI is InChI=1S/C19H20N4O2S/c1-5-23-19(25)14(8-21-23)17(24)13-6-10(2)18-15(11(13)3)16-12(9-26-18)7-20-22(16)4/h6-8,25H,5,9H2,1-4H3. The minimum absolute atomic E-state index is 0.0807. The molecule has 0 amide bonds. The van der Waals surface area contributed by atoms with E-state index in [1.807, 2.05) is 44.8 Å². The number of aryl methyl sites for hydroxylation is 3. The number of rotatable bonds is 3. The van der Waals surface area contributed by atoms with Crippen molar-refractivity contribution >= 4 is 17.5 Å². The summed E-state index contributed by atoms with van der Waals surface area (Å²) in [5, 5.41) is 18.8. The summed E-state index contributed by atoms with van der Waals surface area (Å²) in [6, 6.07) is 1.92. The van der Waals surface area contributed by atoms with E-state index in [0.717, 1.165) is 28.1 Å². The van der Waals surface area contributed by atoms with E-state index in [-0.39, 0.29) is 17.2 Å². The van der Waals surface area contributed by atoms with Crippen molar-refractivity contribution in [3.8, 4) is 17.1 Å². The quantitative estimate of drug-likeness (QED) is 0.717.